The average molecular weight is 422 g/mol. The van der Waals surface area contributed by atoms with Crippen molar-refractivity contribution in [2.75, 3.05) is 37.4 Å². The lowest BCUT2D eigenvalue weighted by atomic mass is 9.97. The number of carbonyl (C=O) groups is 2. The van der Waals surface area contributed by atoms with E-state index >= 15 is 0 Å². The molecular weight excluding hydrogens is 396 g/mol. The monoisotopic (exact) mass is 422 g/mol. The zero-order chi connectivity index (χ0) is 21.8. The van der Waals surface area contributed by atoms with Crippen LogP contribution in [-0.4, -0.2) is 48.4 Å². The van der Waals surface area contributed by atoms with Crippen LogP contribution in [0.2, 0.25) is 0 Å². The molecule has 8 heteroatoms. The predicted octanol–water partition coefficient (Wildman–Crippen LogP) is 3.61. The molecule has 0 bridgehead atoms. The van der Waals surface area contributed by atoms with E-state index in [1.165, 1.54) is 6.92 Å². The first-order chi connectivity index (χ1) is 15.0. The second-order valence-electron chi connectivity index (χ2n) is 7.71. The molecule has 0 radical (unpaired) electrons. The number of ether oxygens (including phenoxy) is 1. The number of hydrogen-bond donors (Lipinski definition) is 2. The van der Waals surface area contributed by atoms with Crippen molar-refractivity contribution in [3.63, 3.8) is 0 Å². The first-order valence-corrected chi connectivity index (χ1v) is 10.3. The number of anilines is 2. The first kappa shape index (κ1) is 20.9. The van der Waals surface area contributed by atoms with Crippen molar-refractivity contribution in [3.05, 3.63) is 48.4 Å². The summed E-state index contributed by atoms with van der Waals surface area (Å²) in [7, 11) is 1.54. The Hall–Kier alpha value is -3.39. The van der Waals surface area contributed by atoms with Crippen molar-refractivity contribution in [3.8, 4) is 5.75 Å². The molecule has 0 saturated carbocycles. The second kappa shape index (κ2) is 9.18. The Balaban J connectivity index is 1.33. The van der Waals surface area contributed by atoms with Crippen molar-refractivity contribution in [2.24, 2.45) is 0 Å². The normalized spacial score (nSPS) is 15.0. The van der Waals surface area contributed by atoms with E-state index in [9.17, 15) is 9.59 Å². The number of nitrogens with one attached hydrogen (secondary N) is 2. The highest BCUT2D eigenvalue weighted by Crippen LogP contribution is 2.30. The predicted molar refractivity (Wildman–Crippen MR) is 118 cm³/mol. The minimum atomic E-state index is -0.177. The van der Waals surface area contributed by atoms with Gasteiger partial charge >= 0.3 is 0 Å². The molecule has 1 saturated heterocycles. The molecule has 4 rings (SSSR count). The first-order valence-electron chi connectivity index (χ1n) is 10.3. The fourth-order valence-electron chi connectivity index (χ4n) is 3.88. The molecule has 31 heavy (non-hydrogen) atoms. The summed E-state index contributed by atoms with van der Waals surface area (Å²) in [6, 6.07) is 12.9. The Kier molecular flexibility index (Phi) is 6.18. The van der Waals surface area contributed by atoms with Crippen LogP contribution in [0.25, 0.3) is 11.1 Å². The number of oxazole rings is 1. The van der Waals surface area contributed by atoms with E-state index in [1.807, 2.05) is 24.3 Å². The molecule has 1 aliphatic rings. The van der Waals surface area contributed by atoms with Gasteiger partial charge in [-0.05, 0) is 56.3 Å². The highest BCUT2D eigenvalue weighted by molar-refractivity contribution is 5.95. The van der Waals surface area contributed by atoms with Crippen LogP contribution in [0.5, 0.6) is 5.75 Å². The van der Waals surface area contributed by atoms with Gasteiger partial charge in [-0.3, -0.25) is 14.5 Å². The molecule has 1 aliphatic heterocycles. The molecule has 0 atom stereocenters. The molecule has 8 nitrogen and oxygen atoms in total. The van der Waals surface area contributed by atoms with Crippen LogP contribution in [-0.2, 0) is 9.59 Å². The maximum Gasteiger partial charge on any atom is 0.238 e. The quantitative estimate of drug-likeness (QED) is 0.630. The van der Waals surface area contributed by atoms with Gasteiger partial charge in [0.05, 0.1) is 19.3 Å². The van der Waals surface area contributed by atoms with Crippen molar-refractivity contribution in [1.29, 1.82) is 0 Å². The van der Waals surface area contributed by atoms with E-state index in [2.05, 4.69) is 20.5 Å². The summed E-state index contributed by atoms with van der Waals surface area (Å²) in [5.74, 6) is 1.28. The van der Waals surface area contributed by atoms with Crippen molar-refractivity contribution in [1.82, 2.24) is 9.88 Å². The maximum absolute atomic E-state index is 12.6. The summed E-state index contributed by atoms with van der Waals surface area (Å²) >= 11 is 0. The number of amides is 2. The molecule has 2 amide bonds. The van der Waals surface area contributed by atoms with E-state index in [-0.39, 0.29) is 24.3 Å². The van der Waals surface area contributed by atoms with Gasteiger partial charge in [-0.1, -0.05) is 12.1 Å². The number of rotatable bonds is 6. The molecule has 0 unspecified atom stereocenters. The van der Waals surface area contributed by atoms with Gasteiger partial charge < -0.3 is 19.8 Å². The third kappa shape index (κ3) is 5.03. The van der Waals surface area contributed by atoms with Crippen LogP contribution < -0.4 is 15.4 Å². The fourth-order valence-corrected chi connectivity index (χ4v) is 3.88. The minimum Gasteiger partial charge on any atom is -0.495 e. The van der Waals surface area contributed by atoms with Gasteiger partial charge in [-0.15, -0.1) is 0 Å². The molecule has 1 fully saturated rings. The number of hydrogen-bond acceptors (Lipinski definition) is 6. The van der Waals surface area contributed by atoms with Gasteiger partial charge in [0.25, 0.3) is 0 Å². The van der Waals surface area contributed by atoms with Crippen molar-refractivity contribution < 1.29 is 18.7 Å². The summed E-state index contributed by atoms with van der Waals surface area (Å²) in [6.45, 7) is 3.31. The molecule has 1 aromatic heterocycles. The van der Waals surface area contributed by atoms with Gasteiger partial charge in [-0.2, -0.15) is 0 Å². The van der Waals surface area contributed by atoms with Crippen LogP contribution in [0.15, 0.2) is 46.9 Å². The van der Waals surface area contributed by atoms with Crippen molar-refractivity contribution >= 4 is 34.3 Å². The van der Waals surface area contributed by atoms with Crippen LogP contribution in [0, 0.1) is 0 Å². The summed E-state index contributed by atoms with van der Waals surface area (Å²) < 4.78 is 11.2. The van der Waals surface area contributed by atoms with E-state index in [4.69, 9.17) is 9.15 Å². The van der Waals surface area contributed by atoms with Gasteiger partial charge in [0.15, 0.2) is 11.5 Å². The van der Waals surface area contributed by atoms with Gasteiger partial charge in [0, 0.05) is 18.5 Å². The van der Waals surface area contributed by atoms with E-state index in [0.717, 1.165) is 42.9 Å². The van der Waals surface area contributed by atoms with Gasteiger partial charge in [0.2, 0.25) is 11.8 Å². The van der Waals surface area contributed by atoms with Gasteiger partial charge in [0.1, 0.15) is 11.3 Å². The SMILES string of the molecule is COc1ccc(NC(C)=O)cc1NC(=O)CN1CCC(c2nc3ccccc3o2)CC1. The molecule has 162 valence electrons. The van der Waals surface area contributed by atoms with Crippen LogP contribution in [0.3, 0.4) is 0 Å². The fraction of sp³-hybridized carbons (Fsp3) is 0.348. The van der Waals surface area contributed by atoms with Crippen molar-refractivity contribution in [2.45, 2.75) is 25.7 Å². The summed E-state index contributed by atoms with van der Waals surface area (Å²) in [4.78, 5) is 30.7. The molecule has 0 spiro atoms. The number of nitrogens with zero attached hydrogens (tertiary/aromatic N) is 2. The summed E-state index contributed by atoms with van der Waals surface area (Å²) in [5.41, 5.74) is 2.83. The number of carbonyl (C=O) groups excluding carboxylic acids is 2. The highest BCUT2D eigenvalue weighted by Gasteiger charge is 2.25. The smallest absolute Gasteiger partial charge is 0.238 e. The highest BCUT2D eigenvalue weighted by atomic mass is 16.5. The topological polar surface area (TPSA) is 96.7 Å². The van der Waals surface area contributed by atoms with Crippen LogP contribution in [0.4, 0.5) is 11.4 Å². The molecular formula is C23H26N4O4. The Morgan fingerprint density at radius 3 is 2.65 bits per heavy atom. The zero-order valence-electron chi connectivity index (χ0n) is 17.7. The number of piperidine rings is 1. The van der Waals surface area contributed by atoms with Crippen LogP contribution in [0.1, 0.15) is 31.6 Å². The number of fused-ring (bicyclic) bond motifs is 1. The lowest BCUT2D eigenvalue weighted by molar-refractivity contribution is -0.117. The Morgan fingerprint density at radius 1 is 1.16 bits per heavy atom. The Bertz CT molecular complexity index is 1050. The molecule has 3 aromatic rings. The van der Waals surface area contributed by atoms with E-state index < -0.39 is 0 Å². The van der Waals surface area contributed by atoms with E-state index in [1.54, 1.807) is 25.3 Å². The molecule has 0 aliphatic carbocycles. The zero-order valence-corrected chi connectivity index (χ0v) is 17.7. The standard InChI is InChI=1S/C23H26N4O4/c1-15(28)24-17-7-8-20(30-2)19(13-17)25-22(29)14-27-11-9-16(10-12-27)23-26-18-5-3-4-6-21(18)31-23/h3-8,13,16H,9-12,14H2,1-2H3,(H,24,28)(H,25,29). The maximum atomic E-state index is 12.6. The number of benzene rings is 2. The second-order valence-corrected chi connectivity index (χ2v) is 7.71. The molecule has 2 N–H and O–H groups in total. The third-order valence-corrected chi connectivity index (χ3v) is 5.41. The number of likely N-dealkylation sites (tertiary alicyclic amines) is 1. The third-order valence-electron chi connectivity index (χ3n) is 5.41. The van der Waals surface area contributed by atoms with Crippen LogP contribution >= 0.6 is 0 Å². The Morgan fingerprint density at radius 2 is 1.94 bits per heavy atom. The Labute approximate surface area is 180 Å². The average Bonchev–Trinajstić information content (AvgIpc) is 3.18. The number of para-hydroxylation sites is 2. The van der Waals surface area contributed by atoms with Gasteiger partial charge in [-0.25, -0.2) is 4.98 Å². The molecule has 2 heterocycles. The largest absolute Gasteiger partial charge is 0.495 e. The molecule has 2 aromatic carbocycles. The summed E-state index contributed by atoms with van der Waals surface area (Å²) in [6.07, 6.45) is 1.78. The lowest BCUT2D eigenvalue weighted by Gasteiger charge is -2.30. The summed E-state index contributed by atoms with van der Waals surface area (Å²) in [5, 5.41) is 5.61. The van der Waals surface area contributed by atoms with E-state index in [0.29, 0.717) is 17.1 Å². The number of methoxy groups -OCH3 is 1. The number of aromatic nitrogens is 1. The lowest BCUT2D eigenvalue weighted by Crippen LogP contribution is -2.38. The minimum absolute atomic E-state index is 0.126.